The number of nitrogens with one attached hydrogen (secondary N) is 6. The van der Waals surface area contributed by atoms with Crippen LogP contribution < -0.4 is 31.9 Å². The number of cyclic esters (lactones) is 1. The first kappa shape index (κ1) is 70.6. The second-order valence-corrected chi connectivity index (χ2v) is 23.5. The van der Waals surface area contributed by atoms with E-state index < -0.39 is 164 Å². The summed E-state index contributed by atoms with van der Waals surface area (Å²) < 4.78 is 5.62. The molecule has 4 fully saturated rings. The number of esters is 1. The Morgan fingerprint density at radius 2 is 1.17 bits per heavy atom. The summed E-state index contributed by atoms with van der Waals surface area (Å²) in [6, 6.07) is -14.6. The van der Waals surface area contributed by atoms with Gasteiger partial charge in [0.2, 0.25) is 53.2 Å². The number of aliphatic carboxylic acids is 2. The summed E-state index contributed by atoms with van der Waals surface area (Å²) in [6.45, 7) is 9.41. The van der Waals surface area contributed by atoms with Gasteiger partial charge in [0.1, 0.15) is 48.4 Å². The van der Waals surface area contributed by atoms with Crippen molar-refractivity contribution >= 4 is 71.1 Å². The van der Waals surface area contributed by atoms with Crippen molar-refractivity contribution in [2.24, 2.45) is 5.92 Å². The number of aliphatic hydroxyl groups excluding tert-OH is 5. The normalized spacial score (nSPS) is 27.1. The molecule has 2 unspecified atom stereocenters. The number of carbonyl (C=O) groups is 11. The molecule has 0 bridgehead atoms. The number of hydrogen-bond acceptors (Lipinski definition) is 20. The van der Waals surface area contributed by atoms with Gasteiger partial charge in [0, 0.05) is 37.6 Å². The molecule has 4 aliphatic heterocycles. The summed E-state index contributed by atoms with van der Waals surface area (Å²) in [7, 11) is 0. The third-order valence-corrected chi connectivity index (χ3v) is 16.4. The minimum Gasteiger partial charge on any atom is -0.479 e. The number of ether oxygens (including phenoxy) is 1. The van der Waals surface area contributed by atoms with Crippen molar-refractivity contribution in [1.29, 1.82) is 0 Å². The van der Waals surface area contributed by atoms with E-state index in [2.05, 4.69) is 50.4 Å². The van der Waals surface area contributed by atoms with E-state index in [9.17, 15) is 88.5 Å². The molecule has 0 aliphatic carbocycles. The number of rotatable bonds is 21. The number of nitrogens with zero attached hydrogens (tertiary/aromatic N) is 5. The van der Waals surface area contributed by atoms with E-state index in [4.69, 9.17) is 4.74 Å². The van der Waals surface area contributed by atoms with Crippen LogP contribution in [0.3, 0.4) is 0 Å². The first-order valence-corrected chi connectivity index (χ1v) is 30.1. The van der Waals surface area contributed by atoms with Gasteiger partial charge in [-0.1, -0.05) is 58.8 Å². The van der Waals surface area contributed by atoms with E-state index in [-0.39, 0.29) is 76.9 Å². The molecule has 0 aromatic carbocycles. The number of carboxylic acid groups (broad SMARTS) is 2. The first-order valence-electron chi connectivity index (χ1n) is 30.1. The molecule has 486 valence electrons. The standard InChI is InChI=1S/C57H89N11O19/c1-29(2)17-12-10-8-7-9-11-13-18-34-27-40(72)63-42(45(73)54(82)83)49(77)64-41(33(6)70)53(81)67-25-16-21-38(67)52(80)66-24-15-20-37(66)48(76)61-35(19-14-23-58-57-59-31(4)30(3)32(5)60-57)47(75)62-36(28-69)51(79)68-26-22-39(71)44(68)50(78)65-43(56(86)87-34)46(74)55(84)85/h29,33-39,41-46,69-71,73-74H,7-28H2,1-6H3,(H,61,76)(H,62,75)(H,63,72)(H,64,77)(H,65,78)(H,82,83)(H,84,85)(H,58,59,60)/t33-,34+,35?,36+,37-,38+,39-,41?,42+,43-,44-,45+,46-/m0/s1. The van der Waals surface area contributed by atoms with E-state index >= 15 is 0 Å². The van der Waals surface area contributed by atoms with Gasteiger partial charge in [-0.2, -0.15) is 0 Å². The molecule has 1 aromatic heterocycles. The molecular formula is C57H89N11O19. The van der Waals surface area contributed by atoms with Gasteiger partial charge in [0.15, 0.2) is 18.2 Å². The smallest absolute Gasteiger partial charge is 0.335 e. The molecule has 0 spiro atoms. The van der Waals surface area contributed by atoms with E-state index in [1.54, 1.807) is 13.8 Å². The highest BCUT2D eigenvalue weighted by atomic mass is 16.5. The quantitative estimate of drug-likeness (QED) is 0.0455. The maximum Gasteiger partial charge on any atom is 0.335 e. The highest BCUT2D eigenvalue weighted by Crippen LogP contribution is 2.27. The number of anilines is 1. The largest absolute Gasteiger partial charge is 0.479 e. The summed E-state index contributed by atoms with van der Waals surface area (Å²) in [5.74, 6) is -13.7. The minimum atomic E-state index is -2.77. The predicted octanol–water partition coefficient (Wildman–Crippen LogP) is -2.29. The van der Waals surface area contributed by atoms with Crippen molar-refractivity contribution < 1.29 is 93.2 Å². The monoisotopic (exact) mass is 1230 g/mol. The Kier molecular flexibility index (Phi) is 27.0. The fraction of sp³-hybridized carbons (Fsp3) is 0.737. The second kappa shape index (κ2) is 33.3. The number of aromatic nitrogens is 2. The number of hydrogen-bond donors (Lipinski definition) is 13. The summed E-state index contributed by atoms with van der Waals surface area (Å²) in [5.41, 5.74) is 2.31. The molecule has 5 rings (SSSR count). The number of amides is 8. The number of carbonyl (C=O) groups excluding carboxylic acids is 9. The number of unbranched alkanes of at least 4 members (excludes halogenated alkanes) is 6. The van der Waals surface area contributed by atoms with Gasteiger partial charge >= 0.3 is 17.9 Å². The molecule has 5 heterocycles. The topological polar surface area (TPSA) is 446 Å². The van der Waals surface area contributed by atoms with Crippen molar-refractivity contribution in [3.05, 3.63) is 17.0 Å². The Morgan fingerprint density at radius 1 is 0.609 bits per heavy atom. The van der Waals surface area contributed by atoms with Crippen LogP contribution in [0.1, 0.15) is 147 Å². The number of aryl methyl sites for hydroxylation is 2. The summed E-state index contributed by atoms with van der Waals surface area (Å²) in [4.78, 5) is 165. The van der Waals surface area contributed by atoms with Crippen molar-refractivity contribution in [2.75, 3.05) is 38.1 Å². The first-order chi connectivity index (χ1) is 41.2. The molecular weight excluding hydrogens is 1140 g/mol. The minimum absolute atomic E-state index is 0.0168. The van der Waals surface area contributed by atoms with Gasteiger partial charge in [0.25, 0.3) is 0 Å². The number of aliphatic hydroxyl groups is 5. The highest BCUT2D eigenvalue weighted by molar-refractivity contribution is 6.00. The lowest BCUT2D eigenvalue weighted by Gasteiger charge is -2.34. The van der Waals surface area contributed by atoms with Crippen LogP contribution in [0.15, 0.2) is 0 Å². The Hall–Kier alpha value is -7.15. The molecule has 8 amide bonds. The lowest BCUT2D eigenvalue weighted by molar-refractivity contribution is -0.165. The molecule has 30 nitrogen and oxygen atoms in total. The number of fused-ring (bicyclic) bond motifs is 3. The Bertz CT molecular complexity index is 2600. The molecule has 0 saturated carbocycles. The van der Waals surface area contributed by atoms with Gasteiger partial charge < -0.3 is 87.1 Å². The van der Waals surface area contributed by atoms with Gasteiger partial charge in [-0.05, 0) is 97.0 Å². The predicted molar refractivity (Wildman–Crippen MR) is 306 cm³/mol. The van der Waals surface area contributed by atoms with Crippen LogP contribution in [0.2, 0.25) is 0 Å². The lowest BCUT2D eigenvalue weighted by atomic mass is 10.0. The summed E-state index contributed by atoms with van der Waals surface area (Å²) in [5, 5.41) is 89.0. The Labute approximate surface area is 504 Å². The third-order valence-electron chi connectivity index (χ3n) is 16.4. The zero-order chi connectivity index (χ0) is 64.4. The van der Waals surface area contributed by atoms with Crippen LogP contribution in [-0.2, 0) is 57.5 Å². The maximum atomic E-state index is 14.6. The SMILES string of the molecule is Cc1nc(NCCCC2NC(=O)[C@@H]3CCCN3C(=O)[C@H]3CCCN3C(=O)C([C@H](C)O)NC(=O)[C@@H]([C@@H](O)C(=O)O)NC(=O)C[C@@H](CCCCCCCCCC(C)C)OC(=O)[C@H]([C@H](O)C(=O)O)NC(=O)[C@@H]3[C@@H](O)CCN3C(=O)[C@@H](CO)NC2=O)nc(C)c1C. The van der Waals surface area contributed by atoms with Crippen LogP contribution in [0.4, 0.5) is 5.95 Å². The number of carboxylic acids is 2. The third kappa shape index (κ3) is 19.4. The summed E-state index contributed by atoms with van der Waals surface area (Å²) >= 11 is 0. The Morgan fingerprint density at radius 3 is 1.77 bits per heavy atom. The van der Waals surface area contributed by atoms with Crippen molar-refractivity contribution in [2.45, 2.75) is 230 Å². The molecule has 4 aliphatic rings. The van der Waals surface area contributed by atoms with Gasteiger partial charge in [-0.15, -0.1) is 0 Å². The van der Waals surface area contributed by atoms with E-state index in [0.29, 0.717) is 36.6 Å². The average molecular weight is 1230 g/mol. The van der Waals surface area contributed by atoms with Crippen LogP contribution >= 0.6 is 0 Å². The molecule has 1 aromatic rings. The van der Waals surface area contributed by atoms with Crippen molar-refractivity contribution in [3.8, 4) is 0 Å². The lowest BCUT2D eigenvalue weighted by Crippen LogP contribution is -2.63. The van der Waals surface area contributed by atoms with E-state index in [1.807, 2.05) is 12.2 Å². The fourth-order valence-electron chi connectivity index (χ4n) is 11.3. The van der Waals surface area contributed by atoms with Gasteiger partial charge in [-0.25, -0.2) is 24.4 Å². The van der Waals surface area contributed by atoms with Crippen molar-refractivity contribution in [3.63, 3.8) is 0 Å². The van der Waals surface area contributed by atoms with Crippen LogP contribution in [0.5, 0.6) is 0 Å². The average Bonchev–Trinajstić information content (AvgIpc) is 2.77. The molecule has 87 heavy (non-hydrogen) atoms. The molecule has 0 radical (unpaired) electrons. The molecule has 4 saturated heterocycles. The van der Waals surface area contributed by atoms with Crippen molar-refractivity contribution in [1.82, 2.24) is 51.3 Å². The van der Waals surface area contributed by atoms with Crippen LogP contribution in [0, 0.1) is 26.7 Å². The van der Waals surface area contributed by atoms with Crippen LogP contribution in [0.25, 0.3) is 0 Å². The van der Waals surface area contributed by atoms with E-state index in [0.717, 1.165) is 54.4 Å². The fourth-order valence-corrected chi connectivity index (χ4v) is 11.3. The van der Waals surface area contributed by atoms with Gasteiger partial charge in [-0.3, -0.25) is 38.4 Å². The van der Waals surface area contributed by atoms with E-state index in [1.165, 1.54) is 4.90 Å². The zero-order valence-corrected chi connectivity index (χ0v) is 50.4. The molecule has 13 N–H and O–H groups in total. The summed E-state index contributed by atoms with van der Waals surface area (Å²) in [6.07, 6.45) is -4.87. The van der Waals surface area contributed by atoms with Crippen LogP contribution in [-0.4, -0.2) is 237 Å². The maximum absolute atomic E-state index is 14.6. The molecule has 30 heteroatoms. The highest BCUT2D eigenvalue weighted by Gasteiger charge is 2.49. The Balaban J connectivity index is 1.52. The second-order valence-electron chi connectivity index (χ2n) is 23.5. The zero-order valence-electron chi connectivity index (χ0n) is 50.4. The molecule has 13 atom stereocenters. The van der Waals surface area contributed by atoms with Gasteiger partial charge in [0.05, 0.1) is 25.2 Å².